The predicted octanol–water partition coefficient (Wildman–Crippen LogP) is 5.83. The number of fused-ring (bicyclic) bond motifs is 3. The fourth-order valence-electron chi connectivity index (χ4n) is 2.96. The first-order chi connectivity index (χ1) is 11.7. The molecule has 0 radical (unpaired) electrons. The normalized spacial score (nSPS) is 10.9. The Bertz CT molecular complexity index is 1090. The maximum absolute atomic E-state index is 13.2. The highest BCUT2D eigenvalue weighted by atomic mass is 32.1. The monoisotopic (exact) mass is 332 g/mol. The summed E-state index contributed by atoms with van der Waals surface area (Å²) in [5.41, 5.74) is 2.66. The van der Waals surface area contributed by atoms with Crippen LogP contribution < -0.4 is 4.90 Å². The van der Waals surface area contributed by atoms with E-state index >= 15 is 0 Å². The van der Waals surface area contributed by atoms with Gasteiger partial charge in [0, 0.05) is 23.5 Å². The highest BCUT2D eigenvalue weighted by Crippen LogP contribution is 2.41. The van der Waals surface area contributed by atoms with E-state index in [0.29, 0.717) is 5.56 Å². The van der Waals surface area contributed by atoms with Crippen LogP contribution in [0.5, 0.6) is 0 Å². The molecule has 116 valence electrons. The van der Waals surface area contributed by atoms with Gasteiger partial charge in [0.15, 0.2) is 0 Å². The first kappa shape index (κ1) is 14.7. The Morgan fingerprint density at radius 2 is 1.58 bits per heavy atom. The van der Waals surface area contributed by atoms with E-state index in [-0.39, 0.29) is 5.82 Å². The van der Waals surface area contributed by atoms with Crippen LogP contribution in [-0.2, 0) is 0 Å². The first-order valence-electron chi connectivity index (χ1n) is 7.52. The van der Waals surface area contributed by atoms with Crippen molar-refractivity contribution in [1.29, 1.82) is 5.26 Å². The van der Waals surface area contributed by atoms with Crippen molar-refractivity contribution in [2.45, 2.75) is 0 Å². The standard InChI is InChI=1S/C20H13FN2S/c1-23(15-10-8-14(21)9-11-15)18-7-3-6-17-16-5-2-4-13(12-22)19(16)24-20(17)18/h2-11H,1H3. The van der Waals surface area contributed by atoms with Gasteiger partial charge in [-0.1, -0.05) is 24.3 Å². The Morgan fingerprint density at radius 1 is 0.917 bits per heavy atom. The average molecular weight is 332 g/mol. The van der Waals surface area contributed by atoms with Crippen LogP contribution in [0.3, 0.4) is 0 Å². The molecule has 0 amide bonds. The van der Waals surface area contributed by atoms with Crippen molar-refractivity contribution >= 4 is 42.9 Å². The van der Waals surface area contributed by atoms with Gasteiger partial charge >= 0.3 is 0 Å². The summed E-state index contributed by atoms with van der Waals surface area (Å²) in [6.45, 7) is 0. The van der Waals surface area contributed by atoms with E-state index in [4.69, 9.17) is 0 Å². The second-order valence-corrected chi connectivity index (χ2v) is 6.61. The number of hydrogen-bond donors (Lipinski definition) is 0. The highest BCUT2D eigenvalue weighted by molar-refractivity contribution is 7.26. The van der Waals surface area contributed by atoms with Crippen molar-refractivity contribution in [2.75, 3.05) is 11.9 Å². The summed E-state index contributed by atoms with van der Waals surface area (Å²) < 4.78 is 15.3. The number of thiophene rings is 1. The first-order valence-corrected chi connectivity index (χ1v) is 8.34. The SMILES string of the molecule is CN(c1ccc(F)cc1)c1cccc2c1sc1c(C#N)cccc12. The summed E-state index contributed by atoms with van der Waals surface area (Å²) >= 11 is 1.63. The Balaban J connectivity index is 1.96. The van der Waals surface area contributed by atoms with Gasteiger partial charge in [-0.25, -0.2) is 4.39 Å². The minimum absolute atomic E-state index is 0.245. The third kappa shape index (κ3) is 2.22. The van der Waals surface area contributed by atoms with Crippen LogP contribution >= 0.6 is 11.3 Å². The van der Waals surface area contributed by atoms with Crippen molar-refractivity contribution in [3.63, 3.8) is 0 Å². The maximum atomic E-state index is 13.2. The van der Waals surface area contributed by atoms with E-state index in [2.05, 4.69) is 18.2 Å². The van der Waals surface area contributed by atoms with Crippen molar-refractivity contribution in [2.24, 2.45) is 0 Å². The highest BCUT2D eigenvalue weighted by Gasteiger charge is 2.14. The van der Waals surface area contributed by atoms with Gasteiger partial charge in [0.25, 0.3) is 0 Å². The predicted molar refractivity (Wildman–Crippen MR) is 98.5 cm³/mol. The molecule has 0 atom stereocenters. The second kappa shape index (κ2) is 5.63. The summed E-state index contributed by atoms with van der Waals surface area (Å²) in [4.78, 5) is 2.04. The second-order valence-electron chi connectivity index (χ2n) is 5.59. The van der Waals surface area contributed by atoms with E-state index in [1.165, 1.54) is 12.1 Å². The summed E-state index contributed by atoms with van der Waals surface area (Å²) in [7, 11) is 1.97. The van der Waals surface area contributed by atoms with Gasteiger partial charge in [-0.3, -0.25) is 0 Å². The molecular formula is C20H13FN2S. The van der Waals surface area contributed by atoms with Gasteiger partial charge in [0.1, 0.15) is 11.9 Å². The van der Waals surface area contributed by atoms with E-state index in [9.17, 15) is 9.65 Å². The zero-order chi connectivity index (χ0) is 16.7. The quantitative estimate of drug-likeness (QED) is 0.461. The van der Waals surface area contributed by atoms with Crippen LogP contribution in [0.25, 0.3) is 20.2 Å². The van der Waals surface area contributed by atoms with Crippen LogP contribution in [0.1, 0.15) is 5.56 Å². The molecule has 0 aliphatic heterocycles. The molecule has 24 heavy (non-hydrogen) atoms. The molecule has 0 spiro atoms. The molecule has 0 saturated carbocycles. The number of rotatable bonds is 2. The van der Waals surface area contributed by atoms with Crippen LogP contribution in [0.15, 0.2) is 60.7 Å². The molecule has 4 heteroatoms. The smallest absolute Gasteiger partial charge is 0.123 e. The van der Waals surface area contributed by atoms with Crippen LogP contribution in [-0.4, -0.2) is 7.05 Å². The fourth-order valence-corrected chi connectivity index (χ4v) is 4.27. The lowest BCUT2D eigenvalue weighted by Gasteiger charge is -2.20. The number of hydrogen-bond acceptors (Lipinski definition) is 3. The molecule has 3 aromatic carbocycles. The number of nitriles is 1. The Labute approximate surface area is 143 Å². The number of nitrogens with zero attached hydrogens (tertiary/aromatic N) is 2. The van der Waals surface area contributed by atoms with E-state index in [0.717, 1.165) is 31.5 Å². The molecule has 4 aromatic rings. The van der Waals surface area contributed by atoms with Crippen LogP contribution in [0.4, 0.5) is 15.8 Å². The molecule has 0 bridgehead atoms. The zero-order valence-corrected chi connectivity index (χ0v) is 13.8. The third-order valence-corrected chi connectivity index (χ3v) is 5.48. The Kier molecular flexibility index (Phi) is 3.44. The number of halogens is 1. The molecule has 2 nitrogen and oxygen atoms in total. The summed E-state index contributed by atoms with van der Waals surface area (Å²) in [6.07, 6.45) is 0. The van der Waals surface area contributed by atoms with E-state index in [1.54, 1.807) is 23.5 Å². The maximum Gasteiger partial charge on any atom is 0.123 e. The van der Waals surface area contributed by atoms with Crippen LogP contribution in [0, 0.1) is 17.1 Å². The molecule has 1 aromatic heterocycles. The van der Waals surface area contributed by atoms with Crippen molar-refractivity contribution in [3.8, 4) is 6.07 Å². The third-order valence-electron chi connectivity index (χ3n) is 4.20. The largest absolute Gasteiger partial charge is 0.343 e. The molecule has 1 heterocycles. The van der Waals surface area contributed by atoms with Gasteiger partial charge < -0.3 is 4.90 Å². The summed E-state index contributed by atoms with van der Waals surface area (Å²) in [6, 6.07) is 20.7. The molecular weight excluding hydrogens is 319 g/mol. The lowest BCUT2D eigenvalue weighted by atomic mass is 10.1. The van der Waals surface area contributed by atoms with Gasteiger partial charge in [0.05, 0.1) is 20.7 Å². The van der Waals surface area contributed by atoms with Gasteiger partial charge in [-0.2, -0.15) is 5.26 Å². The Morgan fingerprint density at radius 3 is 2.29 bits per heavy atom. The number of anilines is 2. The molecule has 0 fully saturated rings. The summed E-state index contributed by atoms with van der Waals surface area (Å²) in [5, 5.41) is 11.6. The van der Waals surface area contributed by atoms with Crippen molar-refractivity contribution < 1.29 is 4.39 Å². The minimum atomic E-state index is -0.245. The summed E-state index contributed by atoms with van der Waals surface area (Å²) in [5.74, 6) is -0.245. The van der Waals surface area contributed by atoms with E-state index < -0.39 is 0 Å². The lowest BCUT2D eigenvalue weighted by Crippen LogP contribution is -2.09. The molecule has 0 aliphatic rings. The fraction of sp³-hybridized carbons (Fsp3) is 0.0500. The van der Waals surface area contributed by atoms with Gasteiger partial charge in [0.2, 0.25) is 0 Å². The van der Waals surface area contributed by atoms with Gasteiger partial charge in [-0.05, 0) is 36.4 Å². The molecule has 0 aliphatic carbocycles. The molecule has 0 unspecified atom stereocenters. The zero-order valence-electron chi connectivity index (χ0n) is 13.0. The number of benzene rings is 3. The molecule has 0 saturated heterocycles. The Hall–Kier alpha value is -2.90. The molecule has 4 rings (SSSR count). The molecule has 0 N–H and O–H groups in total. The average Bonchev–Trinajstić information content (AvgIpc) is 3.00. The topological polar surface area (TPSA) is 27.0 Å². The van der Waals surface area contributed by atoms with Crippen LogP contribution in [0.2, 0.25) is 0 Å². The van der Waals surface area contributed by atoms with E-state index in [1.807, 2.05) is 36.2 Å². The minimum Gasteiger partial charge on any atom is -0.343 e. The van der Waals surface area contributed by atoms with Gasteiger partial charge in [-0.15, -0.1) is 11.3 Å². The van der Waals surface area contributed by atoms with Crippen molar-refractivity contribution in [1.82, 2.24) is 0 Å². The van der Waals surface area contributed by atoms with Crippen molar-refractivity contribution in [3.05, 3.63) is 72.0 Å². The lowest BCUT2D eigenvalue weighted by molar-refractivity contribution is 0.628.